The van der Waals surface area contributed by atoms with Crippen LogP contribution in [0.25, 0.3) is 0 Å². The number of carbonyl (C=O) groups excluding carboxylic acids is 1. The Balaban J connectivity index is 2.02. The predicted octanol–water partition coefficient (Wildman–Crippen LogP) is 0.620. The average molecular weight is 232 g/mol. The molecule has 0 atom stereocenters. The van der Waals surface area contributed by atoms with Crippen LogP contribution in [0.1, 0.15) is 5.69 Å². The van der Waals surface area contributed by atoms with E-state index in [1.165, 1.54) is 6.08 Å². The summed E-state index contributed by atoms with van der Waals surface area (Å²) in [6.07, 6.45) is 4.75. The number of hydrogen-bond acceptors (Lipinski definition) is 4. The minimum atomic E-state index is 0.000479. The Kier molecular flexibility index (Phi) is 3.37. The lowest BCUT2D eigenvalue weighted by atomic mass is 10.3. The van der Waals surface area contributed by atoms with Crippen LogP contribution in [0.3, 0.4) is 0 Å². The van der Waals surface area contributed by atoms with E-state index in [1.54, 1.807) is 17.3 Å². The van der Waals surface area contributed by atoms with Crippen molar-refractivity contribution in [1.82, 2.24) is 14.9 Å². The third-order valence-corrected chi connectivity index (χ3v) is 2.92. The molecule has 0 N–H and O–H groups in total. The molecule has 0 unspecified atom stereocenters. The van der Waals surface area contributed by atoms with Crippen molar-refractivity contribution >= 4 is 11.7 Å². The van der Waals surface area contributed by atoms with Gasteiger partial charge in [-0.1, -0.05) is 6.58 Å². The van der Waals surface area contributed by atoms with E-state index >= 15 is 0 Å². The summed E-state index contributed by atoms with van der Waals surface area (Å²) in [6.45, 7) is 8.45. The second kappa shape index (κ2) is 4.95. The highest BCUT2D eigenvalue weighted by molar-refractivity contribution is 5.87. The molecule has 5 nitrogen and oxygen atoms in total. The molecule has 1 fully saturated rings. The maximum atomic E-state index is 11.4. The Morgan fingerprint density at radius 2 is 1.94 bits per heavy atom. The third kappa shape index (κ3) is 2.43. The zero-order chi connectivity index (χ0) is 12.3. The molecule has 2 rings (SSSR count). The maximum absolute atomic E-state index is 11.4. The molecule has 1 aromatic heterocycles. The summed E-state index contributed by atoms with van der Waals surface area (Å²) >= 11 is 0. The molecule has 1 aliphatic heterocycles. The van der Waals surface area contributed by atoms with Gasteiger partial charge >= 0.3 is 0 Å². The second-order valence-electron chi connectivity index (χ2n) is 3.98. The SMILES string of the molecule is C=CC(=O)N1CCN(c2nccnc2C)CC1. The molecule has 0 bridgehead atoms. The Labute approximate surface area is 101 Å². The van der Waals surface area contributed by atoms with Crippen LogP contribution >= 0.6 is 0 Å². The molecule has 0 aliphatic carbocycles. The van der Waals surface area contributed by atoms with Crippen LogP contribution in [0, 0.1) is 6.92 Å². The number of aryl methyl sites for hydroxylation is 1. The van der Waals surface area contributed by atoms with E-state index in [-0.39, 0.29) is 5.91 Å². The summed E-state index contributed by atoms with van der Waals surface area (Å²) in [4.78, 5) is 24.0. The van der Waals surface area contributed by atoms with Gasteiger partial charge in [0.15, 0.2) is 0 Å². The van der Waals surface area contributed by atoms with Gasteiger partial charge in [-0.2, -0.15) is 0 Å². The first kappa shape index (κ1) is 11.6. The summed E-state index contributed by atoms with van der Waals surface area (Å²) in [5.41, 5.74) is 0.927. The van der Waals surface area contributed by atoms with Gasteiger partial charge in [0.1, 0.15) is 5.82 Å². The van der Waals surface area contributed by atoms with E-state index in [2.05, 4.69) is 21.4 Å². The van der Waals surface area contributed by atoms with E-state index in [0.717, 1.165) is 24.6 Å². The summed E-state index contributed by atoms with van der Waals surface area (Å²) in [6, 6.07) is 0. The fourth-order valence-electron chi connectivity index (χ4n) is 1.98. The molecule has 0 aromatic carbocycles. The van der Waals surface area contributed by atoms with Gasteiger partial charge in [0.05, 0.1) is 5.69 Å². The van der Waals surface area contributed by atoms with Crippen molar-refractivity contribution in [2.45, 2.75) is 6.92 Å². The molecule has 1 aromatic rings. The number of amides is 1. The van der Waals surface area contributed by atoms with Crippen molar-refractivity contribution in [3.05, 3.63) is 30.7 Å². The zero-order valence-corrected chi connectivity index (χ0v) is 9.96. The third-order valence-electron chi connectivity index (χ3n) is 2.92. The molecule has 5 heteroatoms. The Bertz CT molecular complexity index is 424. The van der Waals surface area contributed by atoms with Gasteiger partial charge in [-0.3, -0.25) is 9.78 Å². The summed E-state index contributed by atoms with van der Waals surface area (Å²) in [5.74, 6) is 0.915. The smallest absolute Gasteiger partial charge is 0.246 e. The molecule has 0 radical (unpaired) electrons. The van der Waals surface area contributed by atoms with E-state index < -0.39 is 0 Å². The highest BCUT2D eigenvalue weighted by Gasteiger charge is 2.21. The predicted molar refractivity (Wildman–Crippen MR) is 65.8 cm³/mol. The molecule has 0 spiro atoms. The number of rotatable bonds is 2. The lowest BCUT2D eigenvalue weighted by Gasteiger charge is -2.35. The highest BCUT2D eigenvalue weighted by atomic mass is 16.2. The lowest BCUT2D eigenvalue weighted by molar-refractivity contribution is -0.126. The lowest BCUT2D eigenvalue weighted by Crippen LogP contribution is -2.48. The van der Waals surface area contributed by atoms with Crippen molar-refractivity contribution in [2.75, 3.05) is 31.1 Å². The van der Waals surface area contributed by atoms with E-state index in [4.69, 9.17) is 0 Å². The Hall–Kier alpha value is -1.91. The highest BCUT2D eigenvalue weighted by Crippen LogP contribution is 2.15. The first-order valence-corrected chi connectivity index (χ1v) is 5.66. The van der Waals surface area contributed by atoms with Crippen LogP contribution in [0.5, 0.6) is 0 Å². The van der Waals surface area contributed by atoms with Gasteiger partial charge in [-0.25, -0.2) is 4.98 Å². The van der Waals surface area contributed by atoms with Crippen LogP contribution in [0.4, 0.5) is 5.82 Å². The quantitative estimate of drug-likeness (QED) is 0.701. The van der Waals surface area contributed by atoms with Crippen molar-refractivity contribution in [3.8, 4) is 0 Å². The molecular formula is C12H16N4O. The monoisotopic (exact) mass is 232 g/mol. The minimum absolute atomic E-state index is 0.000479. The number of carbonyl (C=O) groups is 1. The van der Waals surface area contributed by atoms with E-state index in [9.17, 15) is 4.79 Å². The number of nitrogens with zero attached hydrogens (tertiary/aromatic N) is 4. The maximum Gasteiger partial charge on any atom is 0.246 e. The molecule has 17 heavy (non-hydrogen) atoms. The zero-order valence-electron chi connectivity index (χ0n) is 9.96. The van der Waals surface area contributed by atoms with Gasteiger partial charge in [0, 0.05) is 38.6 Å². The largest absolute Gasteiger partial charge is 0.352 e. The topological polar surface area (TPSA) is 49.3 Å². The van der Waals surface area contributed by atoms with Crippen molar-refractivity contribution in [1.29, 1.82) is 0 Å². The van der Waals surface area contributed by atoms with E-state index in [0.29, 0.717) is 13.1 Å². The summed E-state index contributed by atoms with van der Waals surface area (Å²) < 4.78 is 0. The summed E-state index contributed by atoms with van der Waals surface area (Å²) in [5, 5.41) is 0. The number of hydrogen-bond donors (Lipinski definition) is 0. The molecule has 1 amide bonds. The number of piperazine rings is 1. The fourth-order valence-corrected chi connectivity index (χ4v) is 1.98. The summed E-state index contributed by atoms with van der Waals surface area (Å²) in [7, 11) is 0. The van der Waals surface area contributed by atoms with Crippen LogP contribution in [-0.2, 0) is 4.79 Å². The minimum Gasteiger partial charge on any atom is -0.352 e. The van der Waals surface area contributed by atoms with Crippen molar-refractivity contribution in [3.63, 3.8) is 0 Å². The molecule has 2 heterocycles. The molecule has 0 saturated carbocycles. The van der Waals surface area contributed by atoms with E-state index in [1.807, 2.05) is 6.92 Å². The molecule has 1 saturated heterocycles. The van der Waals surface area contributed by atoms with Crippen LogP contribution in [0.15, 0.2) is 25.0 Å². The van der Waals surface area contributed by atoms with Gasteiger partial charge in [-0.15, -0.1) is 0 Å². The second-order valence-corrected chi connectivity index (χ2v) is 3.98. The Morgan fingerprint density at radius 1 is 1.29 bits per heavy atom. The first-order valence-electron chi connectivity index (χ1n) is 5.66. The van der Waals surface area contributed by atoms with Gasteiger partial charge in [0.25, 0.3) is 0 Å². The molecular weight excluding hydrogens is 216 g/mol. The number of aromatic nitrogens is 2. The first-order chi connectivity index (χ1) is 8.22. The molecule has 1 aliphatic rings. The Morgan fingerprint density at radius 3 is 2.53 bits per heavy atom. The van der Waals surface area contributed by atoms with Crippen molar-refractivity contribution in [2.24, 2.45) is 0 Å². The molecule has 90 valence electrons. The van der Waals surface area contributed by atoms with Crippen LogP contribution in [0.2, 0.25) is 0 Å². The number of anilines is 1. The van der Waals surface area contributed by atoms with Crippen LogP contribution < -0.4 is 4.90 Å². The normalized spacial score (nSPS) is 15.8. The average Bonchev–Trinajstić information content (AvgIpc) is 2.39. The standard InChI is InChI=1S/C12H16N4O/c1-3-11(17)15-6-8-16(9-7-15)12-10(2)13-4-5-14-12/h3-5H,1,6-9H2,2H3. The van der Waals surface area contributed by atoms with Crippen LogP contribution in [-0.4, -0.2) is 47.0 Å². The van der Waals surface area contributed by atoms with Gasteiger partial charge in [-0.05, 0) is 13.0 Å². The van der Waals surface area contributed by atoms with Gasteiger partial charge < -0.3 is 9.80 Å². The van der Waals surface area contributed by atoms with Crippen molar-refractivity contribution < 1.29 is 4.79 Å². The van der Waals surface area contributed by atoms with Gasteiger partial charge in [0.2, 0.25) is 5.91 Å². The fraction of sp³-hybridized carbons (Fsp3) is 0.417.